The van der Waals surface area contributed by atoms with E-state index in [1.54, 1.807) is 4.68 Å². The maximum atomic E-state index is 3.94. The van der Waals surface area contributed by atoms with Crippen molar-refractivity contribution in [3.63, 3.8) is 0 Å². The number of rotatable bonds is 2. The molecule has 0 aliphatic carbocycles. The summed E-state index contributed by atoms with van der Waals surface area (Å²) < 4.78 is 1.73. The van der Waals surface area contributed by atoms with Crippen molar-refractivity contribution in [1.29, 1.82) is 0 Å². The van der Waals surface area contributed by atoms with Crippen LogP contribution in [0.2, 0.25) is 0 Å². The van der Waals surface area contributed by atoms with Crippen molar-refractivity contribution < 1.29 is 0 Å². The van der Waals surface area contributed by atoms with Gasteiger partial charge in [-0.3, -0.25) is 0 Å². The zero-order valence-corrected chi connectivity index (χ0v) is 7.44. The summed E-state index contributed by atoms with van der Waals surface area (Å²) in [6.45, 7) is 6.47. The summed E-state index contributed by atoms with van der Waals surface area (Å²) in [4.78, 5) is 0. The lowest BCUT2D eigenvalue weighted by atomic mass is 9.97. The molecule has 1 rings (SSSR count). The van der Waals surface area contributed by atoms with Gasteiger partial charge in [-0.1, -0.05) is 20.8 Å². The monoisotopic (exact) mass is 154 g/mol. The highest BCUT2D eigenvalue weighted by atomic mass is 15.5. The predicted octanol–water partition coefficient (Wildman–Crippen LogP) is 0.970. The van der Waals surface area contributed by atoms with Crippen LogP contribution in [0.25, 0.3) is 0 Å². The Morgan fingerprint density at radius 2 is 1.91 bits per heavy atom. The minimum Gasteiger partial charge on any atom is -0.232 e. The number of nitrogens with zero attached hydrogens (tertiary/aromatic N) is 4. The van der Waals surface area contributed by atoms with Gasteiger partial charge in [-0.15, -0.1) is 5.10 Å². The third-order valence-electron chi connectivity index (χ3n) is 2.06. The number of hydrogen-bond acceptors (Lipinski definition) is 3. The summed E-state index contributed by atoms with van der Waals surface area (Å²) in [7, 11) is 1.87. The van der Waals surface area contributed by atoms with E-state index < -0.39 is 0 Å². The minimum absolute atomic E-state index is 0.426. The van der Waals surface area contributed by atoms with Crippen LogP contribution in [-0.2, 0) is 7.05 Å². The average molecular weight is 154 g/mol. The first-order chi connectivity index (χ1) is 5.13. The molecule has 11 heavy (non-hydrogen) atoms. The van der Waals surface area contributed by atoms with Crippen molar-refractivity contribution in [3.8, 4) is 0 Å². The molecule has 0 amide bonds. The van der Waals surface area contributed by atoms with Crippen LogP contribution in [0.15, 0.2) is 0 Å². The minimum atomic E-state index is 0.426. The van der Waals surface area contributed by atoms with E-state index in [0.29, 0.717) is 11.8 Å². The highest BCUT2D eigenvalue weighted by molar-refractivity contribution is 4.91. The first-order valence-corrected chi connectivity index (χ1v) is 3.85. The molecule has 0 saturated heterocycles. The molecule has 1 aromatic rings. The molecular formula is C7H14N4. The molecule has 0 aliphatic heterocycles. The second-order valence-electron chi connectivity index (χ2n) is 3.19. The van der Waals surface area contributed by atoms with Crippen molar-refractivity contribution in [2.75, 3.05) is 0 Å². The van der Waals surface area contributed by atoms with Crippen molar-refractivity contribution in [2.24, 2.45) is 13.0 Å². The standard InChI is InChI=1S/C7H14N4/c1-5(2)6(3)7-8-9-10-11(7)4/h5-6H,1-4H3/t6-/m0/s1. The molecule has 0 radical (unpaired) electrons. The molecule has 4 nitrogen and oxygen atoms in total. The third-order valence-corrected chi connectivity index (χ3v) is 2.06. The molecule has 4 heteroatoms. The van der Waals surface area contributed by atoms with Gasteiger partial charge in [-0.2, -0.15) is 0 Å². The Bertz CT molecular complexity index is 228. The van der Waals surface area contributed by atoms with E-state index in [1.165, 1.54) is 0 Å². The second kappa shape index (κ2) is 2.98. The van der Waals surface area contributed by atoms with E-state index in [9.17, 15) is 0 Å². The van der Waals surface area contributed by atoms with Crippen molar-refractivity contribution in [2.45, 2.75) is 26.7 Å². The van der Waals surface area contributed by atoms with Crippen LogP contribution < -0.4 is 0 Å². The Morgan fingerprint density at radius 1 is 1.27 bits per heavy atom. The molecule has 0 aliphatic rings. The predicted molar refractivity (Wildman–Crippen MR) is 42.1 cm³/mol. The average Bonchev–Trinajstić information content (AvgIpc) is 2.33. The van der Waals surface area contributed by atoms with Gasteiger partial charge in [0, 0.05) is 13.0 Å². The normalized spacial score (nSPS) is 13.9. The van der Waals surface area contributed by atoms with Gasteiger partial charge in [0.05, 0.1) is 0 Å². The summed E-state index contributed by atoms with van der Waals surface area (Å²) in [5.41, 5.74) is 0. The van der Waals surface area contributed by atoms with E-state index in [1.807, 2.05) is 7.05 Å². The van der Waals surface area contributed by atoms with Gasteiger partial charge in [0.15, 0.2) is 5.82 Å². The van der Waals surface area contributed by atoms with Crippen LogP contribution in [0.4, 0.5) is 0 Å². The van der Waals surface area contributed by atoms with Gasteiger partial charge in [-0.25, -0.2) is 4.68 Å². The number of hydrogen-bond donors (Lipinski definition) is 0. The Balaban J connectivity index is 2.84. The molecule has 0 saturated carbocycles. The van der Waals surface area contributed by atoms with Crippen LogP contribution in [0.1, 0.15) is 32.5 Å². The molecule has 0 aromatic carbocycles. The Hall–Kier alpha value is -0.930. The molecular weight excluding hydrogens is 140 g/mol. The number of aromatic nitrogens is 4. The molecule has 0 fully saturated rings. The molecule has 0 unspecified atom stereocenters. The van der Waals surface area contributed by atoms with Gasteiger partial charge in [0.2, 0.25) is 0 Å². The summed E-state index contributed by atoms with van der Waals surface area (Å²) in [6, 6.07) is 0. The molecule has 1 atom stereocenters. The quantitative estimate of drug-likeness (QED) is 0.637. The topological polar surface area (TPSA) is 43.6 Å². The Morgan fingerprint density at radius 3 is 2.27 bits per heavy atom. The molecule has 0 N–H and O–H groups in total. The summed E-state index contributed by atoms with van der Waals surface area (Å²) in [5.74, 6) is 1.97. The van der Waals surface area contributed by atoms with Gasteiger partial charge in [0.1, 0.15) is 0 Å². The van der Waals surface area contributed by atoms with Gasteiger partial charge < -0.3 is 0 Å². The number of aryl methyl sites for hydroxylation is 1. The van der Waals surface area contributed by atoms with Gasteiger partial charge in [-0.05, 0) is 16.3 Å². The first kappa shape index (κ1) is 8.17. The molecule has 0 bridgehead atoms. The Labute approximate surface area is 66.6 Å². The third kappa shape index (κ3) is 1.56. The van der Waals surface area contributed by atoms with Crippen LogP contribution in [0.3, 0.4) is 0 Å². The molecule has 1 heterocycles. The van der Waals surface area contributed by atoms with Crippen LogP contribution >= 0.6 is 0 Å². The zero-order valence-electron chi connectivity index (χ0n) is 7.44. The lowest BCUT2D eigenvalue weighted by molar-refractivity contribution is 0.487. The fraction of sp³-hybridized carbons (Fsp3) is 0.857. The van der Waals surface area contributed by atoms with E-state index >= 15 is 0 Å². The molecule has 62 valence electrons. The van der Waals surface area contributed by atoms with Crippen LogP contribution in [-0.4, -0.2) is 20.2 Å². The zero-order chi connectivity index (χ0) is 8.43. The maximum absolute atomic E-state index is 3.94. The maximum Gasteiger partial charge on any atom is 0.153 e. The summed E-state index contributed by atoms with van der Waals surface area (Å²) in [5, 5.41) is 11.3. The second-order valence-corrected chi connectivity index (χ2v) is 3.19. The van der Waals surface area contributed by atoms with E-state index in [-0.39, 0.29) is 0 Å². The highest BCUT2D eigenvalue weighted by Crippen LogP contribution is 2.19. The van der Waals surface area contributed by atoms with E-state index in [0.717, 1.165) is 5.82 Å². The smallest absolute Gasteiger partial charge is 0.153 e. The fourth-order valence-electron chi connectivity index (χ4n) is 0.920. The lowest BCUT2D eigenvalue weighted by Gasteiger charge is -2.12. The number of tetrazole rings is 1. The summed E-state index contributed by atoms with van der Waals surface area (Å²) >= 11 is 0. The summed E-state index contributed by atoms with van der Waals surface area (Å²) in [6.07, 6.45) is 0. The van der Waals surface area contributed by atoms with Crippen molar-refractivity contribution >= 4 is 0 Å². The SMILES string of the molecule is CC(C)[C@H](C)c1nnnn1C. The van der Waals surface area contributed by atoms with Gasteiger partial charge in [0.25, 0.3) is 0 Å². The van der Waals surface area contributed by atoms with E-state index in [4.69, 9.17) is 0 Å². The van der Waals surface area contributed by atoms with E-state index in [2.05, 4.69) is 36.3 Å². The van der Waals surface area contributed by atoms with Crippen molar-refractivity contribution in [3.05, 3.63) is 5.82 Å². The fourth-order valence-corrected chi connectivity index (χ4v) is 0.920. The van der Waals surface area contributed by atoms with Crippen molar-refractivity contribution in [1.82, 2.24) is 20.2 Å². The van der Waals surface area contributed by atoms with Crippen LogP contribution in [0.5, 0.6) is 0 Å². The first-order valence-electron chi connectivity index (χ1n) is 3.85. The lowest BCUT2D eigenvalue weighted by Crippen LogP contribution is -2.09. The molecule has 1 aromatic heterocycles. The Kier molecular flexibility index (Phi) is 2.22. The molecule has 0 spiro atoms. The van der Waals surface area contributed by atoms with Crippen LogP contribution in [0, 0.1) is 5.92 Å². The highest BCUT2D eigenvalue weighted by Gasteiger charge is 2.15. The van der Waals surface area contributed by atoms with Gasteiger partial charge >= 0.3 is 0 Å². The largest absolute Gasteiger partial charge is 0.232 e.